The number of ether oxygens (including phenoxy) is 2. The third-order valence-electron chi connectivity index (χ3n) is 5.13. The molecule has 4 N–H and O–H groups in total. The molecule has 2 aromatic carbocycles. The number of nitrogens with one attached hydrogen (secondary N) is 1. The van der Waals surface area contributed by atoms with Crippen LogP contribution in [0.2, 0.25) is 5.02 Å². The summed E-state index contributed by atoms with van der Waals surface area (Å²) in [6, 6.07) is 15.7. The Morgan fingerprint density at radius 2 is 1.76 bits per heavy atom. The first-order valence-electron chi connectivity index (χ1n) is 11.5. The predicted molar refractivity (Wildman–Crippen MR) is 132 cm³/mol. The maximum atomic E-state index is 11.8. The monoisotopic (exact) mass is 493 g/mol. The average molecular weight is 494 g/mol. The van der Waals surface area contributed by atoms with E-state index < -0.39 is 17.7 Å². The van der Waals surface area contributed by atoms with Gasteiger partial charge in [-0.2, -0.15) is 0 Å². The zero-order valence-electron chi connectivity index (χ0n) is 19.9. The van der Waals surface area contributed by atoms with Gasteiger partial charge in [-0.25, -0.2) is 0 Å². The third-order valence-corrected chi connectivity index (χ3v) is 5.50. The van der Waals surface area contributed by atoms with Gasteiger partial charge in [0.25, 0.3) is 0 Å². The van der Waals surface area contributed by atoms with Gasteiger partial charge >= 0.3 is 0 Å². The van der Waals surface area contributed by atoms with Crippen molar-refractivity contribution in [1.29, 1.82) is 0 Å². The molecule has 1 amide bonds. The van der Waals surface area contributed by atoms with Crippen molar-refractivity contribution in [3.63, 3.8) is 0 Å². The van der Waals surface area contributed by atoms with Crippen molar-refractivity contribution in [3.05, 3.63) is 64.7 Å². The lowest BCUT2D eigenvalue weighted by atomic mass is 10.1. The molecule has 8 heteroatoms. The van der Waals surface area contributed by atoms with Crippen LogP contribution < -0.4 is 10.1 Å². The standard InChI is InChI=1S/C21H26ClNO3.C5H10O3/c1-21(2,15-24)23-20(25)8-5-13-26-18-11-9-16(10-12-18)14-17-6-3-4-7-19(17)22;6-4-1-5(7)3-8-2-4/h3-4,6-7,9-12,24H,5,8,13-15H2,1-2H3,(H,23,25);4-7H,1-3H2. The number of amides is 1. The van der Waals surface area contributed by atoms with E-state index in [-0.39, 0.29) is 12.5 Å². The molecule has 2 aromatic rings. The molecule has 1 aliphatic rings. The van der Waals surface area contributed by atoms with E-state index in [2.05, 4.69) is 5.32 Å². The average Bonchev–Trinajstić information content (AvgIpc) is 2.79. The summed E-state index contributed by atoms with van der Waals surface area (Å²) in [6.45, 7) is 4.69. The lowest BCUT2D eigenvalue weighted by molar-refractivity contribution is -0.123. The Balaban J connectivity index is 0.000000430. The molecular weight excluding hydrogens is 458 g/mol. The minimum absolute atomic E-state index is 0.0808. The molecule has 34 heavy (non-hydrogen) atoms. The summed E-state index contributed by atoms with van der Waals surface area (Å²) in [5.41, 5.74) is 1.67. The summed E-state index contributed by atoms with van der Waals surface area (Å²) in [5, 5.41) is 30.3. The van der Waals surface area contributed by atoms with Crippen molar-refractivity contribution in [2.24, 2.45) is 0 Å². The number of hydrogen-bond donors (Lipinski definition) is 4. The molecule has 0 aliphatic carbocycles. The lowest BCUT2D eigenvalue weighted by Gasteiger charge is -2.23. The van der Waals surface area contributed by atoms with Crippen LogP contribution in [0.5, 0.6) is 5.75 Å². The van der Waals surface area contributed by atoms with Gasteiger partial charge in [0.1, 0.15) is 5.75 Å². The van der Waals surface area contributed by atoms with Gasteiger partial charge in [0.05, 0.1) is 44.2 Å². The number of aliphatic hydroxyl groups is 3. The molecule has 1 aliphatic heterocycles. The molecule has 0 spiro atoms. The van der Waals surface area contributed by atoms with Gasteiger partial charge < -0.3 is 30.1 Å². The third kappa shape index (κ3) is 10.8. The van der Waals surface area contributed by atoms with Crippen LogP contribution in [0.25, 0.3) is 0 Å². The molecular formula is C26H36ClNO6. The van der Waals surface area contributed by atoms with E-state index in [0.717, 1.165) is 28.3 Å². The molecule has 7 nitrogen and oxygen atoms in total. The Bertz CT molecular complexity index is 866. The van der Waals surface area contributed by atoms with E-state index >= 15 is 0 Å². The minimum atomic E-state index is -0.588. The number of benzene rings is 2. The SMILES string of the molecule is CC(C)(CO)NC(=O)CCCOc1ccc(Cc2ccccc2Cl)cc1.OC1COCC(O)C1. The van der Waals surface area contributed by atoms with Crippen LogP contribution in [-0.2, 0) is 16.0 Å². The minimum Gasteiger partial charge on any atom is -0.494 e. The van der Waals surface area contributed by atoms with Crippen molar-refractivity contribution in [1.82, 2.24) is 5.32 Å². The van der Waals surface area contributed by atoms with Crippen LogP contribution in [0.3, 0.4) is 0 Å². The summed E-state index contributed by atoms with van der Waals surface area (Å²) in [4.78, 5) is 11.8. The van der Waals surface area contributed by atoms with Gasteiger partial charge in [0, 0.05) is 17.9 Å². The summed E-state index contributed by atoms with van der Waals surface area (Å²) in [7, 11) is 0. The van der Waals surface area contributed by atoms with Crippen LogP contribution in [0.4, 0.5) is 0 Å². The van der Waals surface area contributed by atoms with E-state index in [4.69, 9.17) is 36.4 Å². The zero-order chi connectivity index (χ0) is 25.0. The number of rotatable bonds is 9. The first-order chi connectivity index (χ1) is 16.2. The van der Waals surface area contributed by atoms with E-state index in [1.807, 2.05) is 48.5 Å². The van der Waals surface area contributed by atoms with Gasteiger partial charge in [-0.1, -0.05) is 41.9 Å². The summed E-state index contributed by atoms with van der Waals surface area (Å²) < 4.78 is 10.5. The van der Waals surface area contributed by atoms with Crippen molar-refractivity contribution in [2.75, 3.05) is 26.4 Å². The molecule has 3 rings (SSSR count). The molecule has 1 heterocycles. The lowest BCUT2D eigenvalue weighted by Crippen LogP contribution is -2.46. The molecule has 188 valence electrons. The largest absolute Gasteiger partial charge is 0.494 e. The Kier molecular flexibility index (Phi) is 11.8. The number of carbonyl (C=O) groups excluding carboxylic acids is 1. The molecule has 2 unspecified atom stereocenters. The number of aliphatic hydroxyl groups excluding tert-OH is 3. The fourth-order valence-corrected chi connectivity index (χ4v) is 3.46. The second-order valence-corrected chi connectivity index (χ2v) is 9.44. The second-order valence-electron chi connectivity index (χ2n) is 9.04. The van der Waals surface area contributed by atoms with Crippen LogP contribution in [0.15, 0.2) is 48.5 Å². The fourth-order valence-electron chi connectivity index (χ4n) is 3.26. The zero-order valence-corrected chi connectivity index (χ0v) is 20.6. The summed E-state index contributed by atoms with van der Waals surface area (Å²) in [5.74, 6) is 0.701. The maximum Gasteiger partial charge on any atom is 0.220 e. The van der Waals surface area contributed by atoms with Gasteiger partial charge in [-0.3, -0.25) is 4.79 Å². The molecule has 1 fully saturated rings. The molecule has 0 radical (unpaired) electrons. The second kappa shape index (κ2) is 14.3. The van der Waals surface area contributed by atoms with Crippen LogP contribution in [0.1, 0.15) is 44.2 Å². The Hall–Kier alpha value is -2.16. The summed E-state index contributed by atoms with van der Waals surface area (Å²) in [6.07, 6.45) is 1.31. The molecule has 0 saturated carbocycles. The molecule has 2 atom stereocenters. The fraction of sp³-hybridized carbons (Fsp3) is 0.500. The van der Waals surface area contributed by atoms with Crippen molar-refractivity contribution in [3.8, 4) is 5.75 Å². The highest BCUT2D eigenvalue weighted by atomic mass is 35.5. The Morgan fingerprint density at radius 3 is 2.32 bits per heavy atom. The van der Waals surface area contributed by atoms with Gasteiger partial charge in [0.2, 0.25) is 5.91 Å². The Labute approximate surface area is 206 Å². The highest BCUT2D eigenvalue weighted by Gasteiger charge is 2.18. The first-order valence-corrected chi connectivity index (χ1v) is 11.9. The Morgan fingerprint density at radius 1 is 1.12 bits per heavy atom. The summed E-state index contributed by atoms with van der Waals surface area (Å²) >= 11 is 6.19. The quantitative estimate of drug-likeness (QED) is 0.400. The maximum absolute atomic E-state index is 11.8. The highest BCUT2D eigenvalue weighted by Crippen LogP contribution is 2.20. The molecule has 0 aromatic heterocycles. The van der Waals surface area contributed by atoms with Crippen molar-refractivity contribution in [2.45, 2.75) is 57.3 Å². The van der Waals surface area contributed by atoms with Crippen LogP contribution >= 0.6 is 11.6 Å². The number of carbonyl (C=O) groups is 1. The van der Waals surface area contributed by atoms with Crippen LogP contribution in [0, 0.1) is 0 Å². The van der Waals surface area contributed by atoms with E-state index in [1.165, 1.54) is 0 Å². The van der Waals surface area contributed by atoms with Gasteiger partial charge in [-0.15, -0.1) is 0 Å². The van der Waals surface area contributed by atoms with E-state index in [0.29, 0.717) is 39.1 Å². The highest BCUT2D eigenvalue weighted by molar-refractivity contribution is 6.31. The predicted octanol–water partition coefficient (Wildman–Crippen LogP) is 3.11. The van der Waals surface area contributed by atoms with E-state index in [9.17, 15) is 4.79 Å². The first kappa shape index (κ1) is 28.1. The number of halogens is 1. The smallest absolute Gasteiger partial charge is 0.220 e. The van der Waals surface area contributed by atoms with Gasteiger partial charge in [-0.05, 0) is 56.0 Å². The van der Waals surface area contributed by atoms with Crippen molar-refractivity contribution >= 4 is 17.5 Å². The normalized spacial score (nSPS) is 17.9. The molecule has 1 saturated heterocycles. The van der Waals surface area contributed by atoms with Crippen LogP contribution in [-0.4, -0.2) is 65.4 Å². The number of hydrogen-bond acceptors (Lipinski definition) is 6. The molecule has 0 bridgehead atoms. The topological polar surface area (TPSA) is 108 Å². The van der Waals surface area contributed by atoms with Gasteiger partial charge in [0.15, 0.2) is 0 Å². The van der Waals surface area contributed by atoms with Crippen molar-refractivity contribution < 1.29 is 29.6 Å². The van der Waals surface area contributed by atoms with E-state index in [1.54, 1.807) is 13.8 Å².